The van der Waals surface area contributed by atoms with Crippen LogP contribution in [0.1, 0.15) is 118 Å². The summed E-state index contributed by atoms with van der Waals surface area (Å²) in [6, 6.07) is 23.5. The Balaban J connectivity index is 2.09. The summed E-state index contributed by atoms with van der Waals surface area (Å²) in [5, 5.41) is 3.75. The molecule has 0 saturated carbocycles. The average Bonchev–Trinajstić information content (AvgIpc) is 2.97. The van der Waals surface area contributed by atoms with E-state index in [0.717, 1.165) is 6.42 Å². The molecule has 0 saturated heterocycles. The van der Waals surface area contributed by atoms with E-state index in [0.29, 0.717) is 23.8 Å². The highest BCUT2D eigenvalue weighted by Gasteiger charge is 2.28. The lowest BCUT2D eigenvalue weighted by atomic mass is 9.73. The summed E-state index contributed by atoms with van der Waals surface area (Å²) in [5.74, 6) is 1.33. The molecule has 3 aromatic carbocycles. The maximum atomic E-state index is 3.86. The minimum absolute atomic E-state index is 0.331. The van der Waals surface area contributed by atoms with Gasteiger partial charge < -0.3 is 5.32 Å². The van der Waals surface area contributed by atoms with Gasteiger partial charge in [-0.2, -0.15) is 0 Å². The molecule has 0 spiro atoms. The molecule has 1 unspecified atom stereocenters. The zero-order valence-corrected chi connectivity index (χ0v) is 27.0. The van der Waals surface area contributed by atoms with Crippen molar-refractivity contribution in [1.29, 1.82) is 0 Å². The summed E-state index contributed by atoms with van der Waals surface area (Å²) in [5.41, 5.74) is 14.0. The number of aryl methyl sites for hydroxylation is 1. The number of allylic oxidation sites excluding steroid dienone is 5. The molecule has 0 fully saturated rings. The van der Waals surface area contributed by atoms with Crippen LogP contribution in [0.4, 0.5) is 0 Å². The predicted molar refractivity (Wildman–Crippen MR) is 185 cm³/mol. The van der Waals surface area contributed by atoms with Gasteiger partial charge in [-0.15, -0.1) is 0 Å². The van der Waals surface area contributed by atoms with E-state index >= 15 is 0 Å². The first kappa shape index (κ1) is 31.4. The number of nitrogens with one attached hydrogen (secondary N) is 1. The van der Waals surface area contributed by atoms with Gasteiger partial charge in [0.1, 0.15) is 0 Å². The normalized spacial score (nSPS) is 16.0. The van der Waals surface area contributed by atoms with Crippen molar-refractivity contribution in [1.82, 2.24) is 5.32 Å². The quantitative estimate of drug-likeness (QED) is 0.231. The molecule has 1 heteroatoms. The van der Waals surface area contributed by atoms with Crippen LogP contribution in [0.2, 0.25) is 0 Å². The summed E-state index contributed by atoms with van der Waals surface area (Å²) >= 11 is 0. The van der Waals surface area contributed by atoms with Crippen LogP contribution in [0.3, 0.4) is 0 Å². The fraction of sp³-hybridized carbons (Fsp3) is 0.366. The van der Waals surface area contributed by atoms with Crippen molar-refractivity contribution in [2.45, 2.75) is 92.0 Å². The Morgan fingerprint density at radius 1 is 0.881 bits per heavy atom. The molecule has 1 nitrogen and oxygen atoms in total. The Labute approximate surface area is 256 Å². The second-order valence-electron chi connectivity index (χ2n) is 12.9. The zero-order chi connectivity index (χ0) is 30.2. The molecule has 1 aliphatic rings. The Morgan fingerprint density at radius 3 is 2.33 bits per heavy atom. The van der Waals surface area contributed by atoms with Crippen molar-refractivity contribution >= 4 is 11.1 Å². The first-order valence-corrected chi connectivity index (χ1v) is 16.0. The fourth-order valence-corrected chi connectivity index (χ4v) is 6.49. The van der Waals surface area contributed by atoms with Crippen molar-refractivity contribution in [3.63, 3.8) is 0 Å². The molecule has 0 amide bonds. The van der Waals surface area contributed by atoms with E-state index in [1.165, 1.54) is 74.9 Å². The van der Waals surface area contributed by atoms with Gasteiger partial charge in [0, 0.05) is 23.7 Å². The molecule has 1 aliphatic carbocycles. The van der Waals surface area contributed by atoms with E-state index in [1.54, 1.807) is 0 Å². The van der Waals surface area contributed by atoms with Crippen molar-refractivity contribution in [3.8, 4) is 0 Å². The summed E-state index contributed by atoms with van der Waals surface area (Å²) in [6.07, 6.45) is 15.1. The number of benzene rings is 3. The van der Waals surface area contributed by atoms with Crippen molar-refractivity contribution in [2.24, 2.45) is 5.92 Å². The van der Waals surface area contributed by atoms with E-state index in [9.17, 15) is 0 Å². The van der Waals surface area contributed by atoms with Gasteiger partial charge >= 0.3 is 0 Å². The molecule has 1 atom stereocenters. The lowest BCUT2D eigenvalue weighted by Crippen LogP contribution is -2.19. The summed E-state index contributed by atoms with van der Waals surface area (Å²) in [4.78, 5) is 0. The molecule has 0 aromatic heterocycles. The van der Waals surface area contributed by atoms with Gasteiger partial charge in [0.2, 0.25) is 0 Å². The van der Waals surface area contributed by atoms with Gasteiger partial charge in [0.25, 0.3) is 0 Å². The maximum Gasteiger partial charge on any atom is 0.0199 e. The first-order valence-electron chi connectivity index (χ1n) is 16.0. The molecular formula is C41H51N. The third-order valence-electron chi connectivity index (χ3n) is 8.39. The Morgan fingerprint density at radius 2 is 1.62 bits per heavy atom. The summed E-state index contributed by atoms with van der Waals surface area (Å²) in [7, 11) is 0. The molecule has 0 aliphatic heterocycles. The Hall–Kier alpha value is -3.58. The highest BCUT2D eigenvalue weighted by atomic mass is 14.9. The van der Waals surface area contributed by atoms with Crippen LogP contribution in [0.15, 0.2) is 97.7 Å². The van der Waals surface area contributed by atoms with Gasteiger partial charge in [-0.05, 0) is 108 Å². The number of rotatable bonds is 11. The number of hydrogen-bond acceptors (Lipinski definition) is 1. The smallest absolute Gasteiger partial charge is 0.0199 e. The van der Waals surface area contributed by atoms with E-state index in [-0.39, 0.29) is 0 Å². The van der Waals surface area contributed by atoms with Gasteiger partial charge in [0.05, 0.1) is 0 Å². The van der Waals surface area contributed by atoms with Crippen LogP contribution in [0.5, 0.6) is 0 Å². The van der Waals surface area contributed by atoms with E-state index in [4.69, 9.17) is 0 Å². The van der Waals surface area contributed by atoms with Gasteiger partial charge in [-0.1, -0.05) is 119 Å². The zero-order valence-electron chi connectivity index (χ0n) is 27.0. The van der Waals surface area contributed by atoms with Crippen LogP contribution in [-0.4, -0.2) is 6.04 Å². The van der Waals surface area contributed by atoms with Crippen LogP contribution in [0, 0.1) is 5.92 Å². The Bertz CT molecular complexity index is 1460. The molecule has 4 rings (SSSR count). The van der Waals surface area contributed by atoms with E-state index in [2.05, 4.69) is 139 Å². The number of hydrogen-bond donors (Lipinski definition) is 1. The van der Waals surface area contributed by atoms with E-state index in [1.807, 2.05) is 12.2 Å². The summed E-state index contributed by atoms with van der Waals surface area (Å²) in [6.45, 7) is 19.9. The summed E-state index contributed by atoms with van der Waals surface area (Å²) < 4.78 is 0. The van der Waals surface area contributed by atoms with Crippen molar-refractivity contribution in [3.05, 3.63) is 142 Å². The van der Waals surface area contributed by atoms with Gasteiger partial charge in [-0.25, -0.2) is 0 Å². The third kappa shape index (κ3) is 7.24. The highest BCUT2D eigenvalue weighted by molar-refractivity contribution is 5.91. The second-order valence-corrected chi connectivity index (χ2v) is 12.9. The van der Waals surface area contributed by atoms with Gasteiger partial charge in [-0.3, -0.25) is 0 Å². The largest absolute Gasteiger partial charge is 0.388 e. The molecule has 42 heavy (non-hydrogen) atoms. The van der Waals surface area contributed by atoms with Crippen molar-refractivity contribution in [2.75, 3.05) is 0 Å². The minimum atomic E-state index is 0.331. The molecule has 1 N–H and O–H groups in total. The monoisotopic (exact) mass is 557 g/mol. The predicted octanol–water partition coefficient (Wildman–Crippen LogP) is 11.0. The highest BCUT2D eigenvalue weighted by Crippen LogP contribution is 2.45. The van der Waals surface area contributed by atoms with Gasteiger partial charge in [0.15, 0.2) is 0 Å². The second kappa shape index (κ2) is 14.5. The molecular weight excluding hydrogens is 506 g/mol. The van der Waals surface area contributed by atoms with Crippen LogP contribution in [-0.2, 0) is 12.8 Å². The van der Waals surface area contributed by atoms with Crippen molar-refractivity contribution < 1.29 is 0 Å². The van der Waals surface area contributed by atoms with Crippen LogP contribution < -0.4 is 5.32 Å². The minimum Gasteiger partial charge on any atom is -0.388 e. The van der Waals surface area contributed by atoms with Crippen LogP contribution in [0.25, 0.3) is 11.1 Å². The average molecular weight is 558 g/mol. The molecule has 0 heterocycles. The number of fused-ring (bicyclic) bond motifs is 1. The lowest BCUT2D eigenvalue weighted by Gasteiger charge is -2.31. The maximum absolute atomic E-state index is 3.86. The SMILES string of the molecule is C=C/C=C\C=C(/C)c1cccc(C(C)C)c1/C(=C\NC(C)C)c1c(CC(C)C)cccc1C1CCCc2ccccc21. The molecule has 220 valence electrons. The first-order chi connectivity index (χ1) is 20.2. The molecule has 0 radical (unpaired) electrons. The topological polar surface area (TPSA) is 12.0 Å². The molecule has 0 bridgehead atoms. The van der Waals surface area contributed by atoms with Crippen LogP contribution >= 0.6 is 0 Å². The third-order valence-corrected chi connectivity index (χ3v) is 8.39. The Kier molecular flexibility index (Phi) is 10.9. The molecule has 3 aromatic rings. The standard InChI is InChI=1S/C41H51N/c1-9-10-11-17-31(8)35-23-16-22-34(29(4)5)41(35)39(27-42-30(6)7)40-33(26-28(2)3)20-15-25-38(40)37-24-14-19-32-18-12-13-21-36(32)37/h9-13,15-18,20-23,25,27-30,37,42H,1,14,19,24,26H2,2-8H3/b11-10-,31-17+,39-27-. The lowest BCUT2D eigenvalue weighted by molar-refractivity contribution is 0.610. The van der Waals surface area contributed by atoms with E-state index < -0.39 is 0 Å². The fourth-order valence-electron chi connectivity index (χ4n) is 6.49.